The van der Waals surface area contributed by atoms with Crippen LogP contribution in [0.1, 0.15) is 5.56 Å². The van der Waals surface area contributed by atoms with Crippen molar-refractivity contribution in [3.8, 4) is 11.4 Å². The molecule has 3 aromatic rings. The van der Waals surface area contributed by atoms with E-state index in [0.717, 1.165) is 22.9 Å². The molecule has 2 aromatic carbocycles. The highest BCUT2D eigenvalue weighted by Gasteiger charge is 2.15. The monoisotopic (exact) mass is 403 g/mol. The van der Waals surface area contributed by atoms with Crippen molar-refractivity contribution in [2.45, 2.75) is 12.1 Å². The number of carbonyl (C=O) groups is 1. The van der Waals surface area contributed by atoms with Crippen LogP contribution in [0.25, 0.3) is 11.4 Å². The lowest BCUT2D eigenvalue weighted by molar-refractivity contribution is -0.384. The average Bonchev–Trinajstić information content (AvgIpc) is 3.10. The molecule has 0 aliphatic rings. The zero-order valence-electron chi connectivity index (χ0n) is 14.1. The van der Waals surface area contributed by atoms with Gasteiger partial charge in [0.2, 0.25) is 11.1 Å². The quantitative estimate of drug-likeness (QED) is 0.364. The molecular weight excluding hydrogens is 390 g/mol. The van der Waals surface area contributed by atoms with Gasteiger partial charge in [-0.1, -0.05) is 47.6 Å². The minimum absolute atomic E-state index is 0.0110. The molecule has 3 rings (SSSR count). The van der Waals surface area contributed by atoms with Gasteiger partial charge in [0.25, 0.3) is 5.69 Å². The lowest BCUT2D eigenvalue weighted by Gasteiger charge is -2.04. The summed E-state index contributed by atoms with van der Waals surface area (Å²) in [5.41, 5.74) is 2.04. The molecule has 0 aliphatic carbocycles. The molecule has 1 heterocycles. The first-order valence-corrected chi connectivity index (χ1v) is 9.15. The van der Waals surface area contributed by atoms with Crippen LogP contribution in [0.2, 0.25) is 5.02 Å². The summed E-state index contributed by atoms with van der Waals surface area (Å²) in [5.74, 6) is 0.352. The van der Waals surface area contributed by atoms with Gasteiger partial charge in [-0.05, 0) is 24.6 Å². The van der Waals surface area contributed by atoms with Crippen LogP contribution >= 0.6 is 23.4 Å². The predicted molar refractivity (Wildman–Crippen MR) is 104 cm³/mol. The molecule has 8 nitrogen and oxygen atoms in total. The van der Waals surface area contributed by atoms with Gasteiger partial charge in [-0.15, -0.1) is 5.10 Å². The smallest absolute Gasteiger partial charge is 0.289 e. The fourth-order valence-corrected chi connectivity index (χ4v) is 3.11. The fourth-order valence-electron chi connectivity index (χ4n) is 2.33. The van der Waals surface area contributed by atoms with Crippen LogP contribution in [0, 0.1) is 17.0 Å². The van der Waals surface area contributed by atoms with E-state index in [9.17, 15) is 14.9 Å². The summed E-state index contributed by atoms with van der Waals surface area (Å²) in [5, 5.41) is 20.9. The number of aromatic nitrogens is 3. The third kappa shape index (κ3) is 4.63. The molecule has 0 bridgehead atoms. The Morgan fingerprint density at radius 1 is 1.33 bits per heavy atom. The number of nitro benzene ring substituents is 1. The number of aryl methyl sites for hydroxylation is 1. The number of aromatic amines is 1. The molecule has 0 aliphatic heterocycles. The van der Waals surface area contributed by atoms with Crippen LogP contribution in [0.4, 0.5) is 11.4 Å². The summed E-state index contributed by atoms with van der Waals surface area (Å²) >= 11 is 6.91. The van der Waals surface area contributed by atoms with Crippen molar-refractivity contribution in [1.29, 1.82) is 0 Å². The third-order valence-electron chi connectivity index (χ3n) is 3.62. The lowest BCUT2D eigenvalue weighted by atomic mass is 10.1. The van der Waals surface area contributed by atoms with E-state index in [1.807, 2.05) is 31.2 Å². The second kappa shape index (κ2) is 8.19. The zero-order chi connectivity index (χ0) is 19.4. The number of halogens is 1. The molecule has 0 spiro atoms. The Kier molecular flexibility index (Phi) is 5.72. The average molecular weight is 404 g/mol. The van der Waals surface area contributed by atoms with Crippen molar-refractivity contribution < 1.29 is 9.72 Å². The normalized spacial score (nSPS) is 10.6. The van der Waals surface area contributed by atoms with E-state index in [4.69, 9.17) is 11.6 Å². The van der Waals surface area contributed by atoms with E-state index in [0.29, 0.717) is 16.7 Å². The highest BCUT2D eigenvalue weighted by molar-refractivity contribution is 7.99. The van der Waals surface area contributed by atoms with Crippen LogP contribution in [0.3, 0.4) is 0 Å². The first-order valence-electron chi connectivity index (χ1n) is 7.79. The van der Waals surface area contributed by atoms with E-state index in [2.05, 4.69) is 20.5 Å². The van der Waals surface area contributed by atoms with Gasteiger partial charge in [-0.2, -0.15) is 0 Å². The summed E-state index contributed by atoms with van der Waals surface area (Å²) in [4.78, 5) is 26.8. The molecule has 1 aromatic heterocycles. The topological polar surface area (TPSA) is 114 Å². The number of nitrogens with one attached hydrogen (secondary N) is 2. The molecule has 138 valence electrons. The number of rotatable bonds is 6. The number of carbonyl (C=O) groups excluding carboxylic acids is 1. The largest absolute Gasteiger partial charge is 0.325 e. The summed E-state index contributed by atoms with van der Waals surface area (Å²) in [6.45, 7) is 1.98. The molecule has 0 saturated heterocycles. The van der Waals surface area contributed by atoms with Gasteiger partial charge < -0.3 is 5.32 Å². The molecule has 0 fully saturated rings. The number of thioether (sulfide) groups is 1. The Morgan fingerprint density at radius 2 is 2.11 bits per heavy atom. The Morgan fingerprint density at radius 3 is 2.85 bits per heavy atom. The van der Waals surface area contributed by atoms with E-state index in [-0.39, 0.29) is 22.4 Å². The minimum atomic E-state index is -0.604. The van der Waals surface area contributed by atoms with E-state index >= 15 is 0 Å². The van der Waals surface area contributed by atoms with E-state index in [1.54, 1.807) is 0 Å². The van der Waals surface area contributed by atoms with Crippen molar-refractivity contribution in [1.82, 2.24) is 15.2 Å². The maximum absolute atomic E-state index is 12.1. The summed E-state index contributed by atoms with van der Waals surface area (Å²) in [6, 6.07) is 11.8. The number of amides is 1. The molecule has 1 amide bonds. The predicted octanol–water partition coefficient (Wildman–Crippen LogP) is 4.07. The van der Waals surface area contributed by atoms with Crippen LogP contribution in [-0.4, -0.2) is 31.8 Å². The van der Waals surface area contributed by atoms with Crippen LogP contribution < -0.4 is 5.32 Å². The molecule has 0 atom stereocenters. The summed E-state index contributed by atoms with van der Waals surface area (Å²) < 4.78 is 0. The van der Waals surface area contributed by atoms with Crippen LogP contribution in [0.15, 0.2) is 47.6 Å². The van der Waals surface area contributed by atoms with Gasteiger partial charge in [0.15, 0.2) is 5.82 Å². The lowest BCUT2D eigenvalue weighted by Crippen LogP contribution is -2.14. The Hall–Kier alpha value is -2.91. The van der Waals surface area contributed by atoms with Crippen LogP contribution in [0.5, 0.6) is 0 Å². The molecule has 2 N–H and O–H groups in total. The van der Waals surface area contributed by atoms with Crippen molar-refractivity contribution in [2.24, 2.45) is 0 Å². The van der Waals surface area contributed by atoms with Gasteiger partial charge in [0.1, 0.15) is 5.02 Å². The molecule has 27 heavy (non-hydrogen) atoms. The summed E-state index contributed by atoms with van der Waals surface area (Å²) in [7, 11) is 0. The highest BCUT2D eigenvalue weighted by Crippen LogP contribution is 2.27. The number of benzene rings is 2. The maximum atomic E-state index is 12.1. The molecule has 0 radical (unpaired) electrons. The number of hydrogen-bond donors (Lipinski definition) is 2. The number of H-pyrrole nitrogens is 1. The number of anilines is 1. The maximum Gasteiger partial charge on any atom is 0.289 e. The number of hydrogen-bond acceptors (Lipinski definition) is 6. The fraction of sp³-hybridized carbons (Fsp3) is 0.118. The first kappa shape index (κ1) is 18.9. The van der Waals surface area contributed by atoms with E-state index < -0.39 is 4.92 Å². The Labute approximate surface area is 163 Å². The van der Waals surface area contributed by atoms with Gasteiger partial charge in [-0.3, -0.25) is 20.0 Å². The minimum Gasteiger partial charge on any atom is -0.325 e. The van der Waals surface area contributed by atoms with Crippen LogP contribution in [-0.2, 0) is 4.79 Å². The van der Waals surface area contributed by atoms with E-state index in [1.165, 1.54) is 18.2 Å². The standard InChI is InChI=1S/C17H14ClN5O3S/c1-10-4-2-3-5-12(10)16-20-17(22-21-16)27-9-15(24)19-11-6-7-13(18)14(8-11)23(25)26/h2-8H,9H2,1H3,(H,19,24)(H,20,21,22). The van der Waals surface area contributed by atoms with Gasteiger partial charge in [0.05, 0.1) is 10.7 Å². The van der Waals surface area contributed by atoms with Crippen molar-refractivity contribution in [2.75, 3.05) is 11.1 Å². The second-order valence-corrected chi connectivity index (χ2v) is 6.89. The van der Waals surface area contributed by atoms with Gasteiger partial charge in [-0.25, -0.2) is 4.98 Å². The second-order valence-electron chi connectivity index (χ2n) is 5.54. The first-order chi connectivity index (χ1) is 12.9. The molecule has 10 heteroatoms. The zero-order valence-corrected chi connectivity index (χ0v) is 15.7. The van der Waals surface area contributed by atoms with Gasteiger partial charge >= 0.3 is 0 Å². The Bertz CT molecular complexity index is 1010. The third-order valence-corrected chi connectivity index (χ3v) is 4.79. The van der Waals surface area contributed by atoms with Crippen molar-refractivity contribution in [3.05, 3.63) is 63.2 Å². The van der Waals surface area contributed by atoms with Gasteiger partial charge in [0, 0.05) is 17.3 Å². The highest BCUT2D eigenvalue weighted by atomic mass is 35.5. The SMILES string of the molecule is Cc1ccccc1-c1nc(SCC(=O)Nc2ccc(Cl)c([N+](=O)[O-])c2)n[nH]1. The summed E-state index contributed by atoms with van der Waals surface area (Å²) in [6.07, 6.45) is 0. The van der Waals surface area contributed by atoms with Crippen molar-refractivity contribution in [3.63, 3.8) is 0 Å². The molecule has 0 unspecified atom stereocenters. The number of nitro groups is 1. The van der Waals surface area contributed by atoms with Crippen molar-refractivity contribution >= 4 is 40.6 Å². The Balaban J connectivity index is 1.61. The molecule has 0 saturated carbocycles. The number of nitrogens with zero attached hydrogens (tertiary/aromatic N) is 3. The molecular formula is C17H14ClN5O3S.